The van der Waals surface area contributed by atoms with E-state index in [-0.39, 0.29) is 5.91 Å². The van der Waals surface area contributed by atoms with Crippen LogP contribution in [0.1, 0.15) is 23.2 Å². The summed E-state index contributed by atoms with van der Waals surface area (Å²) in [5, 5.41) is 0.655. The molecule has 0 unspecified atom stereocenters. The van der Waals surface area contributed by atoms with Crippen LogP contribution in [0, 0.1) is 0 Å². The Kier molecular flexibility index (Phi) is 4.79. The van der Waals surface area contributed by atoms with Crippen LogP contribution in [-0.2, 0) is 0 Å². The van der Waals surface area contributed by atoms with Crippen molar-refractivity contribution in [3.8, 4) is 0 Å². The number of carbonyl (C=O) groups excluding carboxylic acids is 1. The molecule has 0 N–H and O–H groups in total. The summed E-state index contributed by atoms with van der Waals surface area (Å²) in [5.74, 6) is 0.0251. The van der Waals surface area contributed by atoms with Crippen molar-refractivity contribution in [1.82, 2.24) is 9.88 Å². The Morgan fingerprint density at radius 2 is 1.69 bits per heavy atom. The highest BCUT2D eigenvalue weighted by molar-refractivity contribution is 6.33. The van der Waals surface area contributed by atoms with Gasteiger partial charge >= 0.3 is 0 Å². The van der Waals surface area contributed by atoms with Gasteiger partial charge in [0.1, 0.15) is 5.52 Å². The van der Waals surface area contributed by atoms with Crippen molar-refractivity contribution in [2.75, 3.05) is 49.1 Å². The van der Waals surface area contributed by atoms with E-state index in [1.54, 1.807) is 0 Å². The molecule has 150 valence electrons. The zero-order chi connectivity index (χ0) is 19.8. The summed E-state index contributed by atoms with van der Waals surface area (Å²) >= 11 is 6.49. The van der Waals surface area contributed by atoms with Gasteiger partial charge in [-0.1, -0.05) is 23.7 Å². The van der Waals surface area contributed by atoms with Crippen molar-refractivity contribution in [2.45, 2.75) is 12.8 Å². The number of carbonyl (C=O) groups is 1. The highest BCUT2D eigenvalue weighted by Gasteiger charge is 2.25. The Labute approximate surface area is 174 Å². The van der Waals surface area contributed by atoms with Gasteiger partial charge in [0.05, 0.1) is 10.7 Å². The van der Waals surface area contributed by atoms with Crippen molar-refractivity contribution in [1.29, 1.82) is 0 Å². The molecule has 2 aliphatic rings. The van der Waals surface area contributed by atoms with E-state index >= 15 is 0 Å². The van der Waals surface area contributed by atoms with Crippen LogP contribution >= 0.6 is 11.6 Å². The van der Waals surface area contributed by atoms with E-state index in [4.69, 9.17) is 16.0 Å². The van der Waals surface area contributed by atoms with Crippen LogP contribution in [0.3, 0.4) is 0 Å². The molecule has 1 aromatic heterocycles. The van der Waals surface area contributed by atoms with E-state index in [1.807, 2.05) is 47.4 Å². The lowest BCUT2D eigenvalue weighted by molar-refractivity contribution is 0.0745. The fourth-order valence-electron chi connectivity index (χ4n) is 4.13. The topological polar surface area (TPSA) is 52.8 Å². The third-order valence-corrected chi connectivity index (χ3v) is 6.06. The fraction of sp³-hybridized carbons (Fsp3) is 0.364. The van der Waals surface area contributed by atoms with Crippen LogP contribution in [0.2, 0.25) is 5.02 Å². The first-order valence-electron chi connectivity index (χ1n) is 10.1. The number of anilines is 2. The second-order valence-electron chi connectivity index (χ2n) is 7.60. The lowest BCUT2D eigenvalue weighted by Gasteiger charge is -2.34. The highest BCUT2D eigenvalue weighted by atomic mass is 35.5. The predicted octanol–water partition coefficient (Wildman–Crippen LogP) is 4.04. The number of piperazine rings is 1. The van der Waals surface area contributed by atoms with E-state index < -0.39 is 0 Å². The van der Waals surface area contributed by atoms with Crippen molar-refractivity contribution >= 4 is 40.3 Å². The number of nitrogens with zero attached hydrogens (tertiary/aromatic N) is 4. The van der Waals surface area contributed by atoms with E-state index in [0.717, 1.165) is 29.9 Å². The normalized spacial score (nSPS) is 17.3. The van der Waals surface area contributed by atoms with Crippen LogP contribution in [0.15, 0.2) is 46.9 Å². The zero-order valence-electron chi connectivity index (χ0n) is 16.2. The SMILES string of the molecule is O=C(c1ccc(N2CCCC2)c(Cl)c1)N1CCN(c2nc3ccccc3o2)CC1. The van der Waals surface area contributed by atoms with Crippen molar-refractivity contribution in [3.63, 3.8) is 0 Å². The van der Waals surface area contributed by atoms with Gasteiger partial charge in [0.2, 0.25) is 0 Å². The summed E-state index contributed by atoms with van der Waals surface area (Å²) in [6, 6.07) is 14.1. The van der Waals surface area contributed by atoms with Gasteiger partial charge in [0.25, 0.3) is 11.9 Å². The molecule has 2 aliphatic heterocycles. The lowest BCUT2D eigenvalue weighted by Crippen LogP contribution is -2.48. The van der Waals surface area contributed by atoms with Crippen LogP contribution in [0.4, 0.5) is 11.7 Å². The summed E-state index contributed by atoms with van der Waals surface area (Å²) < 4.78 is 5.85. The molecule has 2 saturated heterocycles. The minimum absolute atomic E-state index is 0.0251. The first-order chi connectivity index (χ1) is 14.2. The smallest absolute Gasteiger partial charge is 0.298 e. The lowest BCUT2D eigenvalue weighted by atomic mass is 10.1. The quantitative estimate of drug-likeness (QED) is 0.652. The highest BCUT2D eigenvalue weighted by Crippen LogP contribution is 2.30. The number of benzene rings is 2. The Balaban J connectivity index is 1.25. The number of fused-ring (bicyclic) bond motifs is 1. The molecular weight excluding hydrogens is 388 g/mol. The molecule has 0 aliphatic carbocycles. The maximum absolute atomic E-state index is 13.0. The Hall–Kier alpha value is -2.73. The molecule has 7 heteroatoms. The second-order valence-corrected chi connectivity index (χ2v) is 8.01. The molecule has 5 rings (SSSR count). The minimum Gasteiger partial charge on any atom is -0.423 e. The molecule has 3 aromatic rings. The Morgan fingerprint density at radius 1 is 0.931 bits per heavy atom. The fourth-order valence-corrected chi connectivity index (χ4v) is 4.43. The van der Waals surface area contributed by atoms with E-state index in [0.29, 0.717) is 42.8 Å². The minimum atomic E-state index is 0.0251. The summed E-state index contributed by atoms with van der Waals surface area (Å²) in [7, 11) is 0. The van der Waals surface area contributed by atoms with Crippen LogP contribution < -0.4 is 9.80 Å². The van der Waals surface area contributed by atoms with Crippen molar-refractivity contribution in [2.24, 2.45) is 0 Å². The number of aromatic nitrogens is 1. The van der Waals surface area contributed by atoms with Gasteiger partial charge in [-0.3, -0.25) is 4.79 Å². The molecular formula is C22H23ClN4O2. The molecule has 1 amide bonds. The van der Waals surface area contributed by atoms with Gasteiger partial charge in [-0.25, -0.2) is 0 Å². The summed E-state index contributed by atoms with van der Waals surface area (Å²) in [6.45, 7) is 4.71. The standard InChI is InChI=1S/C22H23ClN4O2/c23-17-15-16(7-8-19(17)25-9-3-4-10-25)21(28)26-11-13-27(14-12-26)22-24-18-5-1-2-6-20(18)29-22/h1-2,5-8,15H,3-4,9-14H2. The van der Waals surface area contributed by atoms with E-state index in [9.17, 15) is 4.79 Å². The third-order valence-electron chi connectivity index (χ3n) is 5.76. The average molecular weight is 411 g/mol. The Morgan fingerprint density at radius 3 is 2.41 bits per heavy atom. The van der Waals surface area contributed by atoms with Crippen LogP contribution in [0.25, 0.3) is 11.1 Å². The predicted molar refractivity (Wildman–Crippen MR) is 115 cm³/mol. The van der Waals surface area contributed by atoms with Crippen molar-refractivity contribution in [3.05, 3.63) is 53.1 Å². The second kappa shape index (κ2) is 7.59. The van der Waals surface area contributed by atoms with Gasteiger partial charge in [-0.15, -0.1) is 0 Å². The zero-order valence-corrected chi connectivity index (χ0v) is 16.9. The monoisotopic (exact) mass is 410 g/mol. The molecule has 29 heavy (non-hydrogen) atoms. The van der Waals surface area contributed by atoms with Gasteiger partial charge < -0.3 is 19.1 Å². The summed E-state index contributed by atoms with van der Waals surface area (Å²) in [5.41, 5.74) is 3.32. The molecule has 0 bridgehead atoms. The van der Waals surface area contributed by atoms with Gasteiger partial charge in [0, 0.05) is 44.8 Å². The molecule has 0 spiro atoms. The maximum Gasteiger partial charge on any atom is 0.298 e. The van der Waals surface area contributed by atoms with E-state index in [1.165, 1.54) is 12.8 Å². The summed E-state index contributed by atoms with van der Waals surface area (Å²) in [4.78, 5) is 23.8. The number of oxazole rings is 1. The molecule has 6 nitrogen and oxygen atoms in total. The van der Waals surface area contributed by atoms with Gasteiger partial charge in [-0.05, 0) is 43.2 Å². The number of rotatable bonds is 3. The first kappa shape index (κ1) is 18.3. The Bertz CT molecular complexity index is 1000. The number of hydrogen-bond acceptors (Lipinski definition) is 5. The number of halogens is 1. The molecule has 2 fully saturated rings. The number of para-hydroxylation sites is 2. The van der Waals surface area contributed by atoms with Crippen molar-refractivity contribution < 1.29 is 9.21 Å². The molecule has 2 aromatic carbocycles. The molecule has 3 heterocycles. The largest absolute Gasteiger partial charge is 0.423 e. The van der Waals surface area contributed by atoms with Crippen LogP contribution in [0.5, 0.6) is 0 Å². The summed E-state index contributed by atoms with van der Waals surface area (Å²) in [6.07, 6.45) is 2.39. The number of amides is 1. The molecule has 0 radical (unpaired) electrons. The van der Waals surface area contributed by atoms with E-state index in [2.05, 4.69) is 14.8 Å². The third kappa shape index (κ3) is 3.53. The first-order valence-corrected chi connectivity index (χ1v) is 10.5. The number of hydrogen-bond donors (Lipinski definition) is 0. The average Bonchev–Trinajstić information content (AvgIpc) is 3.43. The molecule has 0 saturated carbocycles. The maximum atomic E-state index is 13.0. The van der Waals surface area contributed by atoms with Gasteiger partial charge in [0.15, 0.2) is 5.58 Å². The van der Waals surface area contributed by atoms with Crippen LogP contribution in [-0.4, -0.2) is 55.1 Å². The van der Waals surface area contributed by atoms with Gasteiger partial charge in [-0.2, -0.15) is 4.98 Å². The molecule has 0 atom stereocenters.